The molecule has 0 heterocycles. The summed E-state index contributed by atoms with van der Waals surface area (Å²) >= 11 is 8.94. The van der Waals surface area contributed by atoms with Crippen molar-refractivity contribution in [3.63, 3.8) is 0 Å². The Bertz CT molecular complexity index is 311. The van der Waals surface area contributed by atoms with Crippen molar-refractivity contribution in [3.8, 4) is 0 Å². The van der Waals surface area contributed by atoms with Crippen LogP contribution in [0.3, 0.4) is 0 Å². The number of hydrogen-bond donors (Lipinski definition) is 3. The SMILES string of the molecule is NCCCCCCCCCCCCCCCCCCCCCCCNC(=S)S. The molecule has 0 aromatic carbocycles. The predicted octanol–water partition coefficient (Wildman–Crippen LogP) is 7.94. The van der Waals surface area contributed by atoms with Gasteiger partial charge in [-0.2, -0.15) is 0 Å². The molecule has 0 saturated carbocycles. The minimum Gasteiger partial charge on any atom is -0.371 e. The first-order chi connectivity index (χ1) is 13.8. The van der Waals surface area contributed by atoms with Crippen LogP contribution in [0, 0.1) is 0 Å². The van der Waals surface area contributed by atoms with Crippen LogP contribution in [0.2, 0.25) is 0 Å². The maximum absolute atomic E-state index is 5.52. The van der Waals surface area contributed by atoms with Gasteiger partial charge in [-0.3, -0.25) is 0 Å². The van der Waals surface area contributed by atoms with Gasteiger partial charge in [-0.15, -0.1) is 12.6 Å². The molecule has 0 aliphatic carbocycles. The molecule has 168 valence electrons. The first kappa shape index (κ1) is 28.2. The highest BCUT2D eigenvalue weighted by Crippen LogP contribution is 2.14. The van der Waals surface area contributed by atoms with Crippen LogP contribution in [0.25, 0.3) is 0 Å². The van der Waals surface area contributed by atoms with E-state index in [2.05, 4.69) is 17.9 Å². The molecule has 0 unspecified atom stereocenters. The molecule has 0 aliphatic rings. The van der Waals surface area contributed by atoms with E-state index >= 15 is 0 Å². The van der Waals surface area contributed by atoms with Gasteiger partial charge in [0.25, 0.3) is 0 Å². The predicted molar refractivity (Wildman–Crippen MR) is 136 cm³/mol. The molecule has 0 atom stereocenters. The van der Waals surface area contributed by atoms with E-state index < -0.39 is 0 Å². The van der Waals surface area contributed by atoms with Crippen molar-refractivity contribution in [1.82, 2.24) is 5.32 Å². The average molecular weight is 431 g/mol. The second-order valence-electron chi connectivity index (χ2n) is 8.45. The number of nitrogens with one attached hydrogen (secondary N) is 1. The molecule has 0 aliphatic heterocycles. The summed E-state index contributed by atoms with van der Waals surface area (Å²) in [5.74, 6) is 0. The molecule has 4 heteroatoms. The second-order valence-corrected chi connectivity index (χ2v) is 9.60. The summed E-state index contributed by atoms with van der Waals surface area (Å²) in [7, 11) is 0. The summed E-state index contributed by atoms with van der Waals surface area (Å²) in [4.78, 5) is 0. The summed E-state index contributed by atoms with van der Waals surface area (Å²) in [5, 5.41) is 3.10. The number of thiocarbonyl (C=S) groups is 1. The van der Waals surface area contributed by atoms with Gasteiger partial charge in [0.1, 0.15) is 4.32 Å². The normalized spacial score (nSPS) is 11.1. The van der Waals surface area contributed by atoms with Crippen LogP contribution >= 0.6 is 24.8 Å². The molecule has 0 fully saturated rings. The van der Waals surface area contributed by atoms with Gasteiger partial charge in [0.05, 0.1) is 0 Å². The van der Waals surface area contributed by atoms with Crippen molar-refractivity contribution in [2.75, 3.05) is 13.1 Å². The van der Waals surface area contributed by atoms with Gasteiger partial charge in [-0.25, -0.2) is 0 Å². The third kappa shape index (κ3) is 26.2. The zero-order chi connectivity index (χ0) is 20.5. The lowest BCUT2D eigenvalue weighted by atomic mass is 10.0. The van der Waals surface area contributed by atoms with E-state index in [-0.39, 0.29) is 0 Å². The molecule has 0 rings (SSSR count). The van der Waals surface area contributed by atoms with Crippen LogP contribution in [-0.2, 0) is 0 Å². The Balaban J connectivity index is 2.99. The quantitative estimate of drug-likeness (QED) is 0.0874. The molecule has 0 radical (unpaired) electrons. The Morgan fingerprint density at radius 1 is 0.500 bits per heavy atom. The minimum atomic E-state index is 0.625. The standard InChI is InChI=1S/C24H50N2S2/c25-22-20-18-16-14-12-10-8-6-4-2-1-3-5-7-9-11-13-15-17-19-21-23-26-24(27)28/h1-23,25H2,(H2,26,27,28). The van der Waals surface area contributed by atoms with Crippen molar-refractivity contribution in [2.24, 2.45) is 5.73 Å². The first-order valence-electron chi connectivity index (χ1n) is 12.4. The van der Waals surface area contributed by atoms with E-state index in [0.29, 0.717) is 4.32 Å². The van der Waals surface area contributed by atoms with Gasteiger partial charge in [0, 0.05) is 6.54 Å². The van der Waals surface area contributed by atoms with E-state index in [1.165, 1.54) is 135 Å². The maximum Gasteiger partial charge on any atom is 0.130 e. The van der Waals surface area contributed by atoms with Crippen LogP contribution in [0.4, 0.5) is 0 Å². The van der Waals surface area contributed by atoms with Crippen LogP contribution in [0.15, 0.2) is 0 Å². The van der Waals surface area contributed by atoms with E-state index in [4.69, 9.17) is 18.0 Å². The van der Waals surface area contributed by atoms with Crippen molar-refractivity contribution >= 4 is 29.2 Å². The molecule has 0 amide bonds. The highest BCUT2D eigenvalue weighted by Gasteiger charge is 1.96. The van der Waals surface area contributed by atoms with Gasteiger partial charge in [-0.1, -0.05) is 134 Å². The number of rotatable bonds is 23. The lowest BCUT2D eigenvalue weighted by molar-refractivity contribution is 0.519. The molecule has 0 aromatic heterocycles. The third-order valence-corrected chi connectivity index (χ3v) is 5.96. The van der Waals surface area contributed by atoms with Crippen LogP contribution in [-0.4, -0.2) is 17.4 Å². The first-order valence-corrected chi connectivity index (χ1v) is 13.3. The smallest absolute Gasteiger partial charge is 0.130 e. The zero-order valence-electron chi connectivity index (χ0n) is 18.7. The molecule has 0 saturated heterocycles. The van der Waals surface area contributed by atoms with Gasteiger partial charge >= 0.3 is 0 Å². The largest absolute Gasteiger partial charge is 0.371 e. The van der Waals surface area contributed by atoms with Gasteiger partial charge in [-0.05, 0) is 19.4 Å². The molecule has 3 N–H and O–H groups in total. The molecule has 0 spiro atoms. The fourth-order valence-electron chi connectivity index (χ4n) is 3.82. The Hall–Kier alpha value is 0.200. The van der Waals surface area contributed by atoms with Gasteiger partial charge in [0.2, 0.25) is 0 Å². The van der Waals surface area contributed by atoms with Crippen molar-refractivity contribution < 1.29 is 0 Å². The monoisotopic (exact) mass is 430 g/mol. The lowest BCUT2D eigenvalue weighted by Gasteiger charge is -2.04. The second kappa shape index (κ2) is 25.2. The van der Waals surface area contributed by atoms with Crippen molar-refractivity contribution in [1.29, 1.82) is 0 Å². The zero-order valence-corrected chi connectivity index (χ0v) is 20.4. The topological polar surface area (TPSA) is 38.0 Å². The van der Waals surface area contributed by atoms with E-state index in [9.17, 15) is 0 Å². The fourth-order valence-corrected chi connectivity index (χ4v) is 4.04. The lowest BCUT2D eigenvalue weighted by Crippen LogP contribution is -2.17. The third-order valence-electron chi connectivity index (χ3n) is 5.66. The van der Waals surface area contributed by atoms with E-state index in [1.54, 1.807) is 0 Å². The maximum atomic E-state index is 5.52. The molecule has 0 aromatic rings. The molecular formula is C24H50N2S2. The highest BCUT2D eigenvalue weighted by molar-refractivity contribution is 8.11. The fraction of sp³-hybridized carbons (Fsp3) is 0.958. The molecule has 2 nitrogen and oxygen atoms in total. The van der Waals surface area contributed by atoms with Crippen molar-refractivity contribution in [2.45, 2.75) is 135 Å². The minimum absolute atomic E-state index is 0.625. The summed E-state index contributed by atoms with van der Waals surface area (Å²) in [6, 6.07) is 0. The number of unbranched alkanes of at least 4 members (excludes halogenated alkanes) is 20. The Labute approximate surface area is 188 Å². The van der Waals surface area contributed by atoms with Crippen LogP contribution in [0.5, 0.6) is 0 Å². The summed E-state index contributed by atoms with van der Waals surface area (Å²) < 4.78 is 0.625. The van der Waals surface area contributed by atoms with Crippen LogP contribution in [0.1, 0.15) is 135 Å². The van der Waals surface area contributed by atoms with E-state index in [1.807, 2.05) is 0 Å². The summed E-state index contributed by atoms with van der Waals surface area (Å²) in [6.45, 7) is 1.85. The molecule has 0 bridgehead atoms. The van der Waals surface area contributed by atoms with Crippen molar-refractivity contribution in [3.05, 3.63) is 0 Å². The highest BCUT2D eigenvalue weighted by atomic mass is 32.1. The van der Waals surface area contributed by atoms with Crippen LogP contribution < -0.4 is 11.1 Å². The Kier molecular flexibility index (Phi) is 25.4. The number of nitrogens with two attached hydrogens (primary N) is 1. The summed E-state index contributed by atoms with van der Waals surface area (Å²) in [5.41, 5.74) is 5.52. The molecule has 28 heavy (non-hydrogen) atoms. The van der Waals surface area contributed by atoms with E-state index in [0.717, 1.165) is 13.1 Å². The Morgan fingerprint density at radius 2 is 0.750 bits per heavy atom. The van der Waals surface area contributed by atoms with Gasteiger partial charge in [0.15, 0.2) is 0 Å². The Morgan fingerprint density at radius 3 is 1.00 bits per heavy atom. The average Bonchev–Trinajstić information content (AvgIpc) is 2.68. The number of thiol groups is 1. The molecular weight excluding hydrogens is 380 g/mol. The van der Waals surface area contributed by atoms with Gasteiger partial charge < -0.3 is 11.1 Å². The summed E-state index contributed by atoms with van der Waals surface area (Å²) in [6.07, 6.45) is 29.5. The number of hydrogen-bond acceptors (Lipinski definition) is 2.